The number of imidazole rings is 1. The zero-order valence-electron chi connectivity index (χ0n) is 11.9. The van der Waals surface area contributed by atoms with Gasteiger partial charge in [0.2, 0.25) is 0 Å². The Morgan fingerprint density at radius 3 is 2.37 bits per heavy atom. The lowest BCUT2D eigenvalue weighted by molar-refractivity contribution is 0.467. The highest BCUT2D eigenvalue weighted by molar-refractivity contribution is 7.98. The molecule has 3 nitrogen and oxygen atoms in total. The second-order valence-corrected chi connectivity index (χ2v) is 5.66. The number of nitrogens with one attached hydrogen (secondary N) is 1. The molecule has 0 aliphatic rings. The van der Waals surface area contributed by atoms with Gasteiger partial charge in [0.05, 0.1) is 6.04 Å². The number of aryl methyl sites for hydroxylation is 1. The molecular formula is C15H21N3S. The molecule has 0 aliphatic heterocycles. The second kappa shape index (κ2) is 6.26. The summed E-state index contributed by atoms with van der Waals surface area (Å²) in [6.45, 7) is 4.34. The molecule has 1 heterocycles. The number of aromatic nitrogens is 2. The smallest absolute Gasteiger partial charge is 0.125 e. The minimum Gasteiger partial charge on any atom is -0.337 e. The summed E-state index contributed by atoms with van der Waals surface area (Å²) in [7, 11) is 2.03. The topological polar surface area (TPSA) is 29.9 Å². The maximum absolute atomic E-state index is 4.39. The van der Waals surface area contributed by atoms with E-state index in [-0.39, 0.29) is 6.04 Å². The molecule has 102 valence electrons. The molecule has 2 aromatic rings. The van der Waals surface area contributed by atoms with Gasteiger partial charge in [-0.1, -0.05) is 12.1 Å². The fourth-order valence-corrected chi connectivity index (χ4v) is 2.64. The van der Waals surface area contributed by atoms with E-state index in [1.807, 2.05) is 19.4 Å². The Kier molecular flexibility index (Phi) is 4.66. The summed E-state index contributed by atoms with van der Waals surface area (Å²) < 4.78 is 2.06. The van der Waals surface area contributed by atoms with E-state index in [1.165, 1.54) is 10.5 Å². The van der Waals surface area contributed by atoms with Crippen molar-refractivity contribution in [2.45, 2.75) is 30.8 Å². The van der Waals surface area contributed by atoms with E-state index in [2.05, 4.69) is 59.2 Å². The molecule has 2 atom stereocenters. The van der Waals surface area contributed by atoms with Gasteiger partial charge >= 0.3 is 0 Å². The van der Waals surface area contributed by atoms with Gasteiger partial charge in [-0.25, -0.2) is 4.98 Å². The van der Waals surface area contributed by atoms with Crippen LogP contribution in [0.15, 0.2) is 41.6 Å². The Bertz CT molecular complexity index is 518. The van der Waals surface area contributed by atoms with Crippen LogP contribution in [0.5, 0.6) is 0 Å². The van der Waals surface area contributed by atoms with Crippen molar-refractivity contribution in [3.63, 3.8) is 0 Å². The fourth-order valence-electron chi connectivity index (χ4n) is 2.23. The monoisotopic (exact) mass is 275 g/mol. The Balaban J connectivity index is 2.04. The Morgan fingerprint density at radius 1 is 1.16 bits per heavy atom. The van der Waals surface area contributed by atoms with Gasteiger partial charge in [0.1, 0.15) is 5.82 Å². The van der Waals surface area contributed by atoms with Gasteiger partial charge in [-0.2, -0.15) is 0 Å². The lowest BCUT2D eigenvalue weighted by atomic mass is 10.1. The molecule has 0 fully saturated rings. The number of nitrogens with zero attached hydrogens (tertiary/aromatic N) is 2. The molecule has 0 aliphatic carbocycles. The highest BCUT2D eigenvalue weighted by Gasteiger charge is 2.14. The number of hydrogen-bond donors (Lipinski definition) is 1. The van der Waals surface area contributed by atoms with E-state index < -0.39 is 0 Å². The first-order valence-electron chi connectivity index (χ1n) is 6.49. The van der Waals surface area contributed by atoms with Crippen LogP contribution in [-0.2, 0) is 7.05 Å². The third kappa shape index (κ3) is 3.39. The van der Waals surface area contributed by atoms with E-state index in [0.29, 0.717) is 6.04 Å². The normalized spacial score (nSPS) is 14.3. The Morgan fingerprint density at radius 2 is 1.84 bits per heavy atom. The van der Waals surface area contributed by atoms with E-state index in [9.17, 15) is 0 Å². The summed E-state index contributed by atoms with van der Waals surface area (Å²) >= 11 is 1.77. The molecule has 4 heteroatoms. The number of thioether (sulfide) groups is 1. The van der Waals surface area contributed by atoms with E-state index in [0.717, 1.165) is 5.82 Å². The van der Waals surface area contributed by atoms with E-state index in [1.54, 1.807) is 11.8 Å². The maximum atomic E-state index is 4.39. The molecule has 0 amide bonds. The highest BCUT2D eigenvalue weighted by atomic mass is 32.2. The van der Waals surface area contributed by atoms with Crippen molar-refractivity contribution in [1.82, 2.24) is 14.9 Å². The van der Waals surface area contributed by atoms with Gasteiger partial charge in [0.15, 0.2) is 0 Å². The molecule has 2 rings (SSSR count). The van der Waals surface area contributed by atoms with Gasteiger partial charge < -0.3 is 9.88 Å². The van der Waals surface area contributed by atoms with Gasteiger partial charge in [-0.15, -0.1) is 11.8 Å². The first-order chi connectivity index (χ1) is 9.11. The zero-order chi connectivity index (χ0) is 13.8. The van der Waals surface area contributed by atoms with Crippen LogP contribution in [0, 0.1) is 0 Å². The molecular weight excluding hydrogens is 254 g/mol. The average Bonchev–Trinajstić information content (AvgIpc) is 2.85. The molecule has 0 saturated heterocycles. The number of hydrogen-bond acceptors (Lipinski definition) is 3. The predicted molar refractivity (Wildman–Crippen MR) is 81.4 cm³/mol. The van der Waals surface area contributed by atoms with Crippen LogP contribution in [-0.4, -0.2) is 15.8 Å². The lowest BCUT2D eigenvalue weighted by Crippen LogP contribution is -2.24. The SMILES string of the molecule is CSc1ccc(C(C)NC(C)c2nccn2C)cc1. The third-order valence-electron chi connectivity index (χ3n) is 3.36. The van der Waals surface area contributed by atoms with Crippen LogP contribution >= 0.6 is 11.8 Å². The molecule has 1 aromatic carbocycles. The maximum Gasteiger partial charge on any atom is 0.125 e. The predicted octanol–water partition coefficient (Wildman–Crippen LogP) is 3.55. The van der Waals surface area contributed by atoms with Crippen molar-refractivity contribution in [2.24, 2.45) is 7.05 Å². The molecule has 19 heavy (non-hydrogen) atoms. The number of benzene rings is 1. The van der Waals surface area contributed by atoms with Gasteiger partial charge in [0.25, 0.3) is 0 Å². The molecule has 1 aromatic heterocycles. The van der Waals surface area contributed by atoms with E-state index >= 15 is 0 Å². The second-order valence-electron chi connectivity index (χ2n) is 4.78. The zero-order valence-corrected chi connectivity index (χ0v) is 12.7. The van der Waals surface area contributed by atoms with E-state index in [4.69, 9.17) is 0 Å². The summed E-state index contributed by atoms with van der Waals surface area (Å²) in [6, 6.07) is 9.26. The Labute approximate surface area is 119 Å². The van der Waals surface area contributed by atoms with Crippen molar-refractivity contribution in [2.75, 3.05) is 6.26 Å². The summed E-state index contributed by atoms with van der Waals surface area (Å²) in [5.74, 6) is 1.06. The molecule has 0 saturated carbocycles. The molecule has 1 N–H and O–H groups in total. The summed E-state index contributed by atoms with van der Waals surface area (Å²) in [5.41, 5.74) is 1.30. The average molecular weight is 275 g/mol. The largest absolute Gasteiger partial charge is 0.337 e. The van der Waals surface area contributed by atoms with Crippen molar-refractivity contribution in [1.29, 1.82) is 0 Å². The van der Waals surface area contributed by atoms with Crippen molar-refractivity contribution < 1.29 is 0 Å². The first kappa shape index (κ1) is 14.2. The van der Waals surface area contributed by atoms with Crippen LogP contribution in [0.25, 0.3) is 0 Å². The molecule has 0 spiro atoms. The van der Waals surface area contributed by atoms with Crippen molar-refractivity contribution >= 4 is 11.8 Å². The quantitative estimate of drug-likeness (QED) is 0.846. The third-order valence-corrected chi connectivity index (χ3v) is 4.11. The van der Waals surface area contributed by atoms with Crippen LogP contribution in [0.2, 0.25) is 0 Å². The first-order valence-corrected chi connectivity index (χ1v) is 7.71. The van der Waals surface area contributed by atoms with Crippen LogP contribution in [0.3, 0.4) is 0 Å². The lowest BCUT2D eigenvalue weighted by Gasteiger charge is -2.20. The molecule has 0 radical (unpaired) electrons. The number of rotatable bonds is 5. The fraction of sp³-hybridized carbons (Fsp3) is 0.400. The summed E-state index contributed by atoms with van der Waals surface area (Å²) in [4.78, 5) is 5.69. The standard InChI is InChI=1S/C15H21N3S/c1-11(13-5-7-14(19-4)8-6-13)17-12(2)15-16-9-10-18(15)3/h5-12,17H,1-4H3. The Hall–Kier alpha value is -1.26. The van der Waals surface area contributed by atoms with Crippen LogP contribution < -0.4 is 5.32 Å². The minimum atomic E-state index is 0.232. The van der Waals surface area contributed by atoms with Crippen molar-refractivity contribution in [3.05, 3.63) is 48.0 Å². The van der Waals surface area contributed by atoms with Crippen LogP contribution in [0.4, 0.5) is 0 Å². The highest BCUT2D eigenvalue weighted by Crippen LogP contribution is 2.21. The summed E-state index contributed by atoms with van der Waals surface area (Å²) in [5, 5.41) is 3.59. The summed E-state index contributed by atoms with van der Waals surface area (Å²) in [6.07, 6.45) is 5.91. The van der Waals surface area contributed by atoms with Gasteiger partial charge in [-0.3, -0.25) is 0 Å². The molecule has 2 unspecified atom stereocenters. The van der Waals surface area contributed by atoms with Crippen LogP contribution in [0.1, 0.15) is 37.3 Å². The van der Waals surface area contributed by atoms with Gasteiger partial charge in [0, 0.05) is 30.4 Å². The molecule has 0 bridgehead atoms. The van der Waals surface area contributed by atoms with Crippen molar-refractivity contribution in [3.8, 4) is 0 Å². The minimum absolute atomic E-state index is 0.232. The van der Waals surface area contributed by atoms with Gasteiger partial charge in [-0.05, 0) is 37.8 Å².